The van der Waals surface area contributed by atoms with Crippen molar-refractivity contribution in [3.8, 4) is 0 Å². The predicted octanol–water partition coefficient (Wildman–Crippen LogP) is 1.80. The average molecular weight is 349 g/mol. The van der Waals surface area contributed by atoms with Crippen LogP contribution >= 0.6 is 11.8 Å². The van der Waals surface area contributed by atoms with E-state index in [9.17, 15) is 9.59 Å². The lowest BCUT2D eigenvalue weighted by Crippen LogP contribution is -2.41. The van der Waals surface area contributed by atoms with Gasteiger partial charge in [0.05, 0.1) is 0 Å². The molecule has 23 heavy (non-hydrogen) atoms. The van der Waals surface area contributed by atoms with E-state index in [0.717, 1.165) is 6.92 Å². The fourth-order valence-corrected chi connectivity index (χ4v) is 1.61. The van der Waals surface area contributed by atoms with E-state index >= 15 is 0 Å². The molecule has 0 bridgehead atoms. The summed E-state index contributed by atoms with van der Waals surface area (Å²) in [7, 11) is 3.60. The summed E-state index contributed by atoms with van der Waals surface area (Å²) in [5.74, 6) is -1.25. The molecule has 0 unspecified atom stereocenters. The average Bonchev–Trinajstić information content (AvgIpc) is 2.31. The molecule has 0 saturated heterocycles. The summed E-state index contributed by atoms with van der Waals surface area (Å²) in [4.78, 5) is 38.0. The van der Waals surface area contributed by atoms with Crippen LogP contribution in [-0.4, -0.2) is 65.1 Å². The predicted molar refractivity (Wildman–Crippen MR) is 91.8 cm³/mol. The number of nitrogens with zero attached hydrogens (tertiary/aromatic N) is 2. The molecule has 8 nitrogen and oxygen atoms in total. The van der Waals surface area contributed by atoms with Crippen LogP contribution in [0.5, 0.6) is 0 Å². The van der Waals surface area contributed by atoms with Crippen LogP contribution in [0.15, 0.2) is 4.99 Å². The van der Waals surface area contributed by atoms with Gasteiger partial charge in [-0.15, -0.1) is 0 Å². The van der Waals surface area contributed by atoms with Crippen molar-refractivity contribution in [1.82, 2.24) is 10.2 Å². The van der Waals surface area contributed by atoms with Crippen molar-refractivity contribution in [2.75, 3.05) is 20.4 Å². The number of ether oxygens (including phenoxy) is 1. The summed E-state index contributed by atoms with van der Waals surface area (Å²) in [6, 6.07) is -0.725. The third-order valence-corrected chi connectivity index (χ3v) is 2.70. The first-order valence-corrected chi connectivity index (χ1v) is 8.05. The van der Waals surface area contributed by atoms with Crippen molar-refractivity contribution in [3.63, 3.8) is 0 Å². The second-order valence-corrected chi connectivity index (χ2v) is 6.49. The summed E-state index contributed by atoms with van der Waals surface area (Å²) in [5.41, 5.74) is -0.593. The van der Waals surface area contributed by atoms with Gasteiger partial charge in [-0.05, 0) is 34.0 Å². The van der Waals surface area contributed by atoms with E-state index in [4.69, 9.17) is 14.6 Å². The molecule has 0 radical (unpaired) electrons. The molecule has 2 N–H and O–H groups in total. The normalized spacial score (nSPS) is 12.4. The van der Waals surface area contributed by atoms with Crippen LogP contribution in [0.4, 0.5) is 4.79 Å². The number of carbonyl (C=O) groups excluding carboxylic acids is 2. The lowest BCUT2D eigenvalue weighted by Gasteiger charge is -2.21. The quantitative estimate of drug-likeness (QED) is 0.578. The van der Waals surface area contributed by atoms with Gasteiger partial charge in [0, 0.05) is 21.0 Å². The SMILES string of the molecule is CC(=O)O.CSC(=NC(=O)[C@H](C)NC(=O)OC(C)(C)C)N(C)C. The second kappa shape index (κ2) is 10.9. The Morgan fingerprint density at radius 3 is 2.00 bits per heavy atom. The van der Waals surface area contributed by atoms with Crippen LogP contribution in [0.25, 0.3) is 0 Å². The maximum Gasteiger partial charge on any atom is 0.408 e. The molecule has 0 heterocycles. The molecule has 0 aromatic carbocycles. The van der Waals surface area contributed by atoms with Gasteiger partial charge in [-0.25, -0.2) is 4.79 Å². The minimum absolute atomic E-state index is 0.413. The van der Waals surface area contributed by atoms with Gasteiger partial charge >= 0.3 is 6.09 Å². The molecule has 0 rings (SSSR count). The van der Waals surface area contributed by atoms with Crippen LogP contribution in [0, 0.1) is 0 Å². The van der Waals surface area contributed by atoms with E-state index in [2.05, 4.69) is 10.3 Å². The number of nitrogens with one attached hydrogen (secondary N) is 1. The van der Waals surface area contributed by atoms with E-state index < -0.39 is 29.6 Å². The second-order valence-electron chi connectivity index (χ2n) is 5.72. The van der Waals surface area contributed by atoms with Crippen molar-refractivity contribution in [2.45, 2.75) is 46.3 Å². The number of hydrogen-bond donors (Lipinski definition) is 2. The van der Waals surface area contributed by atoms with E-state index in [1.165, 1.54) is 11.8 Å². The highest BCUT2D eigenvalue weighted by Crippen LogP contribution is 2.07. The molecule has 1 atom stereocenters. The van der Waals surface area contributed by atoms with Gasteiger partial charge in [-0.1, -0.05) is 11.8 Å². The third-order valence-electron chi connectivity index (χ3n) is 1.87. The number of aliphatic carboxylic acids is 1. The van der Waals surface area contributed by atoms with Crippen molar-refractivity contribution in [1.29, 1.82) is 0 Å². The molecule has 0 aromatic rings. The van der Waals surface area contributed by atoms with Crippen molar-refractivity contribution >= 4 is 34.9 Å². The highest BCUT2D eigenvalue weighted by atomic mass is 32.2. The summed E-state index contributed by atoms with van der Waals surface area (Å²) < 4.78 is 5.07. The maximum absolute atomic E-state index is 11.8. The first-order chi connectivity index (χ1) is 10.3. The Balaban J connectivity index is 0. The Morgan fingerprint density at radius 1 is 1.26 bits per heavy atom. The van der Waals surface area contributed by atoms with Crippen LogP contribution in [0.1, 0.15) is 34.6 Å². The fraction of sp³-hybridized carbons (Fsp3) is 0.714. The monoisotopic (exact) mass is 349 g/mol. The molecule has 0 aliphatic rings. The minimum atomic E-state index is -0.833. The molecular formula is C14H27N3O5S. The Morgan fingerprint density at radius 2 is 1.70 bits per heavy atom. The molecule has 0 aliphatic heterocycles. The summed E-state index contributed by atoms with van der Waals surface area (Å²) in [5, 5.41) is 10.5. The number of rotatable bonds is 2. The van der Waals surface area contributed by atoms with Crippen molar-refractivity contribution in [3.05, 3.63) is 0 Å². The summed E-state index contributed by atoms with van der Waals surface area (Å²) in [6.45, 7) is 7.93. The Labute approximate surface area is 141 Å². The number of carbonyl (C=O) groups is 3. The number of thioether (sulfide) groups is 1. The lowest BCUT2D eigenvalue weighted by molar-refractivity contribution is -0.134. The molecular weight excluding hydrogens is 322 g/mol. The van der Waals surface area contributed by atoms with E-state index in [-0.39, 0.29) is 0 Å². The zero-order valence-electron chi connectivity index (χ0n) is 15.0. The lowest BCUT2D eigenvalue weighted by atomic mass is 10.2. The number of aliphatic imine (C=N–C) groups is 1. The molecule has 134 valence electrons. The maximum atomic E-state index is 11.8. The smallest absolute Gasteiger partial charge is 0.408 e. The molecule has 2 amide bonds. The van der Waals surface area contributed by atoms with Crippen molar-refractivity contribution < 1.29 is 24.2 Å². The van der Waals surface area contributed by atoms with Gasteiger partial charge < -0.3 is 20.1 Å². The van der Waals surface area contributed by atoms with Gasteiger partial charge in [-0.3, -0.25) is 9.59 Å². The molecule has 0 fully saturated rings. The number of carboxylic acids is 1. The highest BCUT2D eigenvalue weighted by molar-refractivity contribution is 8.13. The van der Waals surface area contributed by atoms with Gasteiger partial charge in [0.2, 0.25) is 0 Å². The van der Waals surface area contributed by atoms with Crippen molar-refractivity contribution in [2.24, 2.45) is 4.99 Å². The Kier molecular flexibility index (Phi) is 11.1. The topological polar surface area (TPSA) is 108 Å². The van der Waals surface area contributed by atoms with Gasteiger partial charge in [0.1, 0.15) is 11.6 Å². The van der Waals surface area contributed by atoms with Gasteiger partial charge in [0.25, 0.3) is 11.9 Å². The van der Waals surface area contributed by atoms with Gasteiger partial charge in [-0.2, -0.15) is 4.99 Å². The first-order valence-electron chi connectivity index (χ1n) is 6.83. The number of carboxylic acid groups (broad SMARTS) is 1. The van der Waals surface area contributed by atoms with E-state index in [1.54, 1.807) is 46.7 Å². The van der Waals surface area contributed by atoms with Crippen LogP contribution in [-0.2, 0) is 14.3 Å². The van der Waals surface area contributed by atoms with Crippen LogP contribution in [0.3, 0.4) is 0 Å². The zero-order valence-corrected chi connectivity index (χ0v) is 15.8. The van der Waals surface area contributed by atoms with Crippen LogP contribution < -0.4 is 5.32 Å². The standard InChI is InChI=1S/C12H23N3O3S.C2H4O2/c1-8(13-11(17)18-12(2,3)4)9(16)14-10(19-7)15(5)6;1-2(3)4/h8H,1-7H3,(H,13,17);1H3,(H,3,4)/t8-;/m0./s1. The highest BCUT2D eigenvalue weighted by Gasteiger charge is 2.21. The van der Waals surface area contributed by atoms with E-state index in [0.29, 0.717) is 5.17 Å². The molecule has 0 spiro atoms. The van der Waals surface area contributed by atoms with Crippen LogP contribution in [0.2, 0.25) is 0 Å². The molecule has 9 heteroatoms. The number of amidine groups is 1. The Hall–Kier alpha value is -1.77. The summed E-state index contributed by atoms with van der Waals surface area (Å²) in [6.07, 6.45) is 1.21. The largest absolute Gasteiger partial charge is 0.481 e. The molecule has 0 saturated carbocycles. The van der Waals surface area contributed by atoms with E-state index in [1.807, 2.05) is 6.26 Å². The number of hydrogen-bond acceptors (Lipinski definition) is 5. The number of amides is 2. The first kappa shape index (κ1) is 23.5. The molecule has 0 aromatic heterocycles. The Bertz CT molecular complexity index is 440. The summed E-state index contributed by atoms with van der Waals surface area (Å²) >= 11 is 1.36. The molecule has 0 aliphatic carbocycles. The third kappa shape index (κ3) is 14.9. The minimum Gasteiger partial charge on any atom is -0.481 e. The van der Waals surface area contributed by atoms with Gasteiger partial charge in [0.15, 0.2) is 5.17 Å². The fourth-order valence-electron chi connectivity index (χ4n) is 1.07. The zero-order chi connectivity index (χ0) is 18.8. The number of alkyl carbamates (subject to hydrolysis) is 1.